The number of hydrogen-bond acceptors (Lipinski definition) is 2. The van der Waals surface area contributed by atoms with Crippen LogP contribution in [0.15, 0.2) is 4.99 Å². The first-order chi connectivity index (χ1) is 7.18. The van der Waals surface area contributed by atoms with Gasteiger partial charge in [-0.3, -0.25) is 9.79 Å². The highest BCUT2D eigenvalue weighted by Crippen LogP contribution is 2.26. The highest BCUT2D eigenvalue weighted by atomic mass is 16.1. The van der Waals surface area contributed by atoms with Crippen LogP contribution in [-0.2, 0) is 4.79 Å². The molecule has 0 bridgehead atoms. The Labute approximate surface area is 90.5 Å². The maximum Gasteiger partial charge on any atom is 0.216 e. The molecule has 1 fully saturated rings. The fourth-order valence-corrected chi connectivity index (χ4v) is 1.39. The maximum absolute atomic E-state index is 10.5. The lowest BCUT2D eigenvalue weighted by atomic mass is 9.86. The minimum atomic E-state index is -0.0261. The summed E-state index contributed by atoms with van der Waals surface area (Å²) in [6.45, 7) is 3.53. The van der Waals surface area contributed by atoms with E-state index in [1.54, 1.807) is 0 Å². The Balaban J connectivity index is 2.01. The Hall–Kier alpha value is -1.26. The van der Waals surface area contributed by atoms with Crippen LogP contribution in [0.3, 0.4) is 0 Å². The molecule has 1 aliphatic carbocycles. The zero-order valence-electron chi connectivity index (χ0n) is 9.25. The molecule has 15 heavy (non-hydrogen) atoms. The number of nitrogens with zero attached hydrogens (tertiary/aromatic N) is 1. The molecule has 1 amide bonds. The second kappa shape index (κ2) is 6.27. The summed E-state index contributed by atoms with van der Waals surface area (Å²) in [6.07, 6.45) is 3.89. The van der Waals surface area contributed by atoms with Gasteiger partial charge in [0.05, 0.1) is 0 Å². The van der Waals surface area contributed by atoms with Gasteiger partial charge in [-0.05, 0) is 18.8 Å². The van der Waals surface area contributed by atoms with Crippen LogP contribution in [0.4, 0.5) is 0 Å². The highest BCUT2D eigenvalue weighted by Gasteiger charge is 2.16. The average molecular weight is 212 g/mol. The summed E-state index contributed by atoms with van der Waals surface area (Å²) in [7, 11) is 0. The van der Waals surface area contributed by atoms with Crippen LogP contribution in [0.5, 0.6) is 0 Å². The van der Waals surface area contributed by atoms with Gasteiger partial charge in [0, 0.05) is 26.6 Å². The Morgan fingerprint density at radius 2 is 2.07 bits per heavy atom. The molecule has 4 N–H and O–H groups in total. The molecule has 0 radical (unpaired) electrons. The summed E-state index contributed by atoms with van der Waals surface area (Å²) < 4.78 is 0. The quantitative estimate of drug-likeness (QED) is 0.336. The molecule has 5 heteroatoms. The van der Waals surface area contributed by atoms with Crippen LogP contribution in [0.25, 0.3) is 0 Å². The van der Waals surface area contributed by atoms with Crippen molar-refractivity contribution in [1.29, 1.82) is 0 Å². The number of amides is 1. The van der Waals surface area contributed by atoms with Crippen molar-refractivity contribution in [2.45, 2.75) is 26.2 Å². The van der Waals surface area contributed by atoms with Crippen LogP contribution < -0.4 is 16.4 Å². The molecule has 0 aromatic rings. The predicted molar refractivity (Wildman–Crippen MR) is 60.5 cm³/mol. The van der Waals surface area contributed by atoms with Gasteiger partial charge in [-0.1, -0.05) is 6.42 Å². The molecule has 5 nitrogen and oxygen atoms in total. The van der Waals surface area contributed by atoms with E-state index in [0.29, 0.717) is 19.0 Å². The van der Waals surface area contributed by atoms with Gasteiger partial charge in [-0.15, -0.1) is 0 Å². The number of aliphatic imine (C=N–C) groups is 1. The molecule has 86 valence electrons. The third-order valence-corrected chi connectivity index (χ3v) is 2.55. The van der Waals surface area contributed by atoms with Crippen molar-refractivity contribution in [3.8, 4) is 0 Å². The Bertz CT molecular complexity index is 236. The number of guanidine groups is 1. The molecule has 0 aromatic carbocycles. The zero-order chi connectivity index (χ0) is 11.1. The van der Waals surface area contributed by atoms with Crippen LogP contribution >= 0.6 is 0 Å². The van der Waals surface area contributed by atoms with E-state index in [2.05, 4.69) is 15.6 Å². The fraction of sp³-hybridized carbons (Fsp3) is 0.800. The Morgan fingerprint density at radius 3 is 2.60 bits per heavy atom. The normalized spacial score (nSPS) is 17.0. The van der Waals surface area contributed by atoms with Gasteiger partial charge in [-0.2, -0.15) is 0 Å². The monoisotopic (exact) mass is 212 g/mol. The van der Waals surface area contributed by atoms with Gasteiger partial charge in [0.2, 0.25) is 5.91 Å². The molecule has 1 saturated carbocycles. The van der Waals surface area contributed by atoms with E-state index in [-0.39, 0.29) is 5.91 Å². The molecule has 0 aromatic heterocycles. The first kappa shape index (κ1) is 11.8. The largest absolute Gasteiger partial charge is 0.370 e. The number of nitrogens with one attached hydrogen (secondary N) is 2. The van der Waals surface area contributed by atoms with E-state index in [1.807, 2.05) is 0 Å². The lowest BCUT2D eigenvalue weighted by Gasteiger charge is -2.23. The minimum absolute atomic E-state index is 0.0261. The molecule has 1 rings (SSSR count). The van der Waals surface area contributed by atoms with E-state index in [4.69, 9.17) is 5.73 Å². The minimum Gasteiger partial charge on any atom is -0.370 e. The summed E-state index contributed by atoms with van der Waals surface area (Å²) in [5.41, 5.74) is 5.64. The third kappa shape index (κ3) is 5.24. The van der Waals surface area contributed by atoms with Crippen molar-refractivity contribution in [3.05, 3.63) is 0 Å². The van der Waals surface area contributed by atoms with Crippen molar-refractivity contribution in [2.24, 2.45) is 16.6 Å². The van der Waals surface area contributed by atoms with Crippen molar-refractivity contribution in [1.82, 2.24) is 10.6 Å². The van der Waals surface area contributed by atoms with Crippen molar-refractivity contribution >= 4 is 11.9 Å². The van der Waals surface area contributed by atoms with Crippen LogP contribution in [0, 0.1) is 5.92 Å². The maximum atomic E-state index is 10.5. The van der Waals surface area contributed by atoms with Crippen LogP contribution in [0.1, 0.15) is 26.2 Å². The van der Waals surface area contributed by atoms with Gasteiger partial charge >= 0.3 is 0 Å². The number of rotatable bonds is 5. The lowest BCUT2D eigenvalue weighted by Crippen LogP contribution is -2.38. The van der Waals surface area contributed by atoms with Crippen molar-refractivity contribution in [3.63, 3.8) is 0 Å². The van der Waals surface area contributed by atoms with Crippen molar-refractivity contribution < 1.29 is 4.79 Å². The van der Waals surface area contributed by atoms with Gasteiger partial charge in [-0.25, -0.2) is 0 Å². The van der Waals surface area contributed by atoms with E-state index in [0.717, 1.165) is 12.5 Å². The zero-order valence-corrected chi connectivity index (χ0v) is 9.25. The molecule has 0 heterocycles. The molecular weight excluding hydrogens is 192 g/mol. The van der Waals surface area contributed by atoms with Crippen molar-refractivity contribution in [2.75, 3.05) is 19.6 Å². The highest BCUT2D eigenvalue weighted by molar-refractivity contribution is 5.78. The summed E-state index contributed by atoms with van der Waals surface area (Å²) >= 11 is 0. The standard InChI is InChI=1S/C10H20N4O/c1-8(15)12-5-6-13-10(11)14-7-9-3-2-4-9/h9H,2-7H2,1H3,(H,12,15)(H3,11,13,14). The Morgan fingerprint density at radius 1 is 1.40 bits per heavy atom. The summed E-state index contributed by atoms with van der Waals surface area (Å²) in [6, 6.07) is 0. The van der Waals surface area contributed by atoms with E-state index < -0.39 is 0 Å². The van der Waals surface area contributed by atoms with Gasteiger partial charge < -0.3 is 16.4 Å². The second-order valence-electron chi connectivity index (χ2n) is 3.93. The SMILES string of the molecule is CC(=O)NCCNC(N)=NCC1CCC1. The number of hydrogen-bond donors (Lipinski definition) is 3. The number of carbonyl (C=O) groups excluding carboxylic acids is 1. The molecule has 0 atom stereocenters. The summed E-state index contributed by atoms with van der Waals surface area (Å²) in [5, 5.41) is 5.63. The van der Waals surface area contributed by atoms with Crippen LogP contribution in [-0.4, -0.2) is 31.5 Å². The number of nitrogens with two attached hydrogens (primary N) is 1. The molecule has 0 spiro atoms. The molecule has 0 aliphatic heterocycles. The summed E-state index contributed by atoms with van der Waals surface area (Å²) in [4.78, 5) is 14.8. The molecular formula is C10H20N4O. The van der Waals surface area contributed by atoms with Gasteiger partial charge in [0.25, 0.3) is 0 Å². The molecule has 0 saturated heterocycles. The average Bonchev–Trinajstić information content (AvgIpc) is 2.09. The van der Waals surface area contributed by atoms with E-state index in [9.17, 15) is 4.79 Å². The predicted octanol–water partition coefficient (Wildman–Crippen LogP) is -0.173. The van der Waals surface area contributed by atoms with Crippen LogP contribution in [0.2, 0.25) is 0 Å². The fourth-order valence-electron chi connectivity index (χ4n) is 1.39. The first-order valence-electron chi connectivity index (χ1n) is 5.46. The lowest BCUT2D eigenvalue weighted by molar-refractivity contribution is -0.118. The van der Waals surface area contributed by atoms with E-state index >= 15 is 0 Å². The van der Waals surface area contributed by atoms with Gasteiger partial charge in [0.1, 0.15) is 0 Å². The topological polar surface area (TPSA) is 79.5 Å². The van der Waals surface area contributed by atoms with E-state index in [1.165, 1.54) is 26.2 Å². The third-order valence-electron chi connectivity index (χ3n) is 2.55. The summed E-state index contributed by atoms with van der Waals surface area (Å²) in [5.74, 6) is 1.19. The Kier molecular flexibility index (Phi) is 4.93. The second-order valence-corrected chi connectivity index (χ2v) is 3.93. The van der Waals surface area contributed by atoms with Gasteiger partial charge in [0.15, 0.2) is 5.96 Å². The number of carbonyl (C=O) groups is 1. The smallest absolute Gasteiger partial charge is 0.216 e. The first-order valence-corrected chi connectivity index (χ1v) is 5.46. The molecule has 1 aliphatic rings. The molecule has 0 unspecified atom stereocenters.